The lowest BCUT2D eigenvalue weighted by Gasteiger charge is -2.01. The predicted molar refractivity (Wildman–Crippen MR) is 71.2 cm³/mol. The number of nitrogens with one attached hydrogen (secondary N) is 1. The predicted octanol–water partition coefficient (Wildman–Crippen LogP) is 2.73. The van der Waals surface area contributed by atoms with Crippen LogP contribution in [0.3, 0.4) is 0 Å². The second-order valence-corrected chi connectivity index (χ2v) is 3.77. The maximum atomic E-state index is 9.04. The Balaban J connectivity index is 2.17. The van der Waals surface area contributed by atoms with Crippen molar-refractivity contribution in [1.82, 2.24) is 4.98 Å². The molecule has 0 bridgehead atoms. The van der Waals surface area contributed by atoms with Crippen molar-refractivity contribution in [2.24, 2.45) is 5.10 Å². The Bertz CT molecular complexity index is 579. The van der Waals surface area contributed by atoms with Gasteiger partial charge in [-0.3, -0.25) is 10.4 Å². The van der Waals surface area contributed by atoms with E-state index < -0.39 is 0 Å². The fraction of sp³-hybridized carbons (Fsp3) is 0.0714. The van der Waals surface area contributed by atoms with E-state index in [1.54, 1.807) is 18.3 Å². The van der Waals surface area contributed by atoms with Gasteiger partial charge >= 0.3 is 0 Å². The van der Waals surface area contributed by atoms with Crippen LogP contribution in [0.1, 0.15) is 11.3 Å². The van der Waals surface area contributed by atoms with Crippen molar-refractivity contribution in [3.63, 3.8) is 0 Å². The van der Waals surface area contributed by atoms with Gasteiger partial charge in [-0.15, -0.1) is 0 Å². The smallest absolute Gasteiger partial charge is 0.186 e. The molecule has 0 aliphatic carbocycles. The average Bonchev–Trinajstić information content (AvgIpc) is 2.43. The molecule has 4 heteroatoms. The summed E-state index contributed by atoms with van der Waals surface area (Å²) in [6, 6.07) is 15.2. The molecular formula is C14H12N4. The molecule has 0 amide bonds. The summed E-state index contributed by atoms with van der Waals surface area (Å²) in [6.07, 6.45) is 1.63. The van der Waals surface area contributed by atoms with Gasteiger partial charge in [-0.05, 0) is 31.2 Å². The SMILES string of the molecule is Cc1ccc(N/N=C(\C#N)c2ccccn2)cc1. The second-order valence-electron chi connectivity index (χ2n) is 3.77. The zero-order valence-electron chi connectivity index (χ0n) is 9.96. The first-order chi connectivity index (χ1) is 8.79. The van der Waals surface area contributed by atoms with E-state index in [0.29, 0.717) is 5.69 Å². The van der Waals surface area contributed by atoms with Crippen LogP contribution in [-0.4, -0.2) is 10.7 Å². The molecule has 0 atom stereocenters. The Kier molecular flexibility index (Phi) is 3.67. The fourth-order valence-corrected chi connectivity index (χ4v) is 1.39. The lowest BCUT2D eigenvalue weighted by atomic mass is 10.2. The number of hydrogen-bond acceptors (Lipinski definition) is 4. The fourth-order valence-electron chi connectivity index (χ4n) is 1.39. The standard InChI is InChI=1S/C14H12N4/c1-11-5-7-12(8-6-11)17-18-14(10-15)13-4-2-3-9-16-13/h2-9,17H,1H3/b18-14+. The Labute approximate surface area is 106 Å². The summed E-state index contributed by atoms with van der Waals surface area (Å²) in [4.78, 5) is 4.08. The average molecular weight is 236 g/mol. The maximum absolute atomic E-state index is 9.04. The van der Waals surface area contributed by atoms with Gasteiger partial charge in [0, 0.05) is 6.20 Å². The molecule has 0 aliphatic rings. The molecule has 1 aromatic heterocycles. The van der Waals surface area contributed by atoms with Crippen molar-refractivity contribution in [1.29, 1.82) is 5.26 Å². The molecule has 0 unspecified atom stereocenters. The minimum absolute atomic E-state index is 0.260. The van der Waals surface area contributed by atoms with Crippen molar-refractivity contribution >= 4 is 11.4 Å². The first kappa shape index (κ1) is 11.8. The van der Waals surface area contributed by atoms with Crippen LogP contribution >= 0.6 is 0 Å². The van der Waals surface area contributed by atoms with Gasteiger partial charge in [-0.25, -0.2) is 0 Å². The minimum Gasteiger partial charge on any atom is -0.277 e. The topological polar surface area (TPSA) is 61.1 Å². The molecule has 1 heterocycles. The van der Waals surface area contributed by atoms with Crippen molar-refractivity contribution in [3.8, 4) is 6.07 Å². The molecule has 0 saturated heterocycles. The number of nitrogens with zero attached hydrogens (tertiary/aromatic N) is 3. The van der Waals surface area contributed by atoms with E-state index >= 15 is 0 Å². The van der Waals surface area contributed by atoms with E-state index in [0.717, 1.165) is 5.69 Å². The molecule has 18 heavy (non-hydrogen) atoms. The Morgan fingerprint density at radius 3 is 2.61 bits per heavy atom. The van der Waals surface area contributed by atoms with Crippen LogP contribution in [0.2, 0.25) is 0 Å². The zero-order valence-corrected chi connectivity index (χ0v) is 9.96. The van der Waals surface area contributed by atoms with Gasteiger partial charge in [-0.1, -0.05) is 23.8 Å². The van der Waals surface area contributed by atoms with Crippen LogP contribution in [0, 0.1) is 18.3 Å². The number of pyridine rings is 1. The molecule has 2 aromatic rings. The van der Waals surface area contributed by atoms with Crippen LogP contribution in [0.15, 0.2) is 53.8 Å². The molecule has 0 saturated carbocycles. The van der Waals surface area contributed by atoms with Gasteiger partial charge in [-0.2, -0.15) is 10.4 Å². The van der Waals surface area contributed by atoms with Gasteiger partial charge in [0.1, 0.15) is 11.8 Å². The number of nitriles is 1. The highest BCUT2D eigenvalue weighted by Crippen LogP contribution is 2.08. The van der Waals surface area contributed by atoms with E-state index in [-0.39, 0.29) is 5.71 Å². The van der Waals surface area contributed by atoms with Crippen LogP contribution in [0.5, 0.6) is 0 Å². The number of hydrazone groups is 1. The van der Waals surface area contributed by atoms with Crippen LogP contribution < -0.4 is 5.43 Å². The number of hydrogen-bond donors (Lipinski definition) is 1. The zero-order chi connectivity index (χ0) is 12.8. The summed E-state index contributed by atoms with van der Waals surface area (Å²) in [7, 11) is 0. The summed E-state index contributed by atoms with van der Waals surface area (Å²) in [5.41, 5.74) is 5.68. The third kappa shape index (κ3) is 2.92. The Hall–Kier alpha value is -2.67. The summed E-state index contributed by atoms with van der Waals surface area (Å²) in [6.45, 7) is 2.02. The van der Waals surface area contributed by atoms with Gasteiger partial charge in [0.05, 0.1) is 5.69 Å². The number of anilines is 1. The van der Waals surface area contributed by atoms with Gasteiger partial charge < -0.3 is 0 Å². The van der Waals surface area contributed by atoms with E-state index in [1.165, 1.54) is 5.56 Å². The Morgan fingerprint density at radius 2 is 2.00 bits per heavy atom. The van der Waals surface area contributed by atoms with Crippen molar-refractivity contribution in [2.75, 3.05) is 5.43 Å². The first-order valence-electron chi connectivity index (χ1n) is 5.51. The highest BCUT2D eigenvalue weighted by atomic mass is 15.3. The minimum atomic E-state index is 0.260. The molecule has 0 aliphatic heterocycles. The van der Waals surface area contributed by atoms with Gasteiger partial charge in [0.15, 0.2) is 5.71 Å². The first-order valence-corrected chi connectivity index (χ1v) is 5.51. The van der Waals surface area contributed by atoms with Crippen LogP contribution in [-0.2, 0) is 0 Å². The number of benzene rings is 1. The van der Waals surface area contributed by atoms with E-state index in [1.807, 2.05) is 43.3 Å². The molecule has 4 nitrogen and oxygen atoms in total. The second kappa shape index (κ2) is 5.60. The highest BCUT2D eigenvalue weighted by Gasteiger charge is 2.02. The maximum Gasteiger partial charge on any atom is 0.186 e. The third-order valence-corrected chi connectivity index (χ3v) is 2.36. The van der Waals surface area contributed by atoms with E-state index in [9.17, 15) is 0 Å². The van der Waals surface area contributed by atoms with Crippen molar-refractivity contribution < 1.29 is 0 Å². The van der Waals surface area contributed by atoms with Crippen molar-refractivity contribution in [2.45, 2.75) is 6.92 Å². The third-order valence-electron chi connectivity index (χ3n) is 2.36. The van der Waals surface area contributed by atoms with E-state index in [2.05, 4.69) is 15.5 Å². The van der Waals surface area contributed by atoms with Crippen LogP contribution in [0.25, 0.3) is 0 Å². The number of aromatic nitrogens is 1. The molecule has 1 aromatic carbocycles. The molecule has 1 N–H and O–H groups in total. The highest BCUT2D eigenvalue weighted by molar-refractivity contribution is 6.10. The van der Waals surface area contributed by atoms with Crippen molar-refractivity contribution in [3.05, 3.63) is 59.9 Å². The summed E-state index contributed by atoms with van der Waals surface area (Å²) in [5.74, 6) is 0. The molecule has 2 rings (SSSR count). The molecule has 88 valence electrons. The molecular weight excluding hydrogens is 224 g/mol. The van der Waals surface area contributed by atoms with Gasteiger partial charge in [0.2, 0.25) is 0 Å². The summed E-state index contributed by atoms with van der Waals surface area (Å²) in [5, 5.41) is 13.1. The molecule has 0 spiro atoms. The normalized spacial score (nSPS) is 10.8. The van der Waals surface area contributed by atoms with E-state index in [4.69, 9.17) is 5.26 Å². The number of rotatable bonds is 3. The molecule has 0 radical (unpaired) electrons. The largest absolute Gasteiger partial charge is 0.277 e. The lowest BCUT2D eigenvalue weighted by Crippen LogP contribution is -2.03. The lowest BCUT2D eigenvalue weighted by molar-refractivity contribution is 1.26. The van der Waals surface area contributed by atoms with Gasteiger partial charge in [0.25, 0.3) is 0 Å². The summed E-state index contributed by atoms with van der Waals surface area (Å²) < 4.78 is 0. The molecule has 0 fully saturated rings. The van der Waals surface area contributed by atoms with Crippen LogP contribution in [0.4, 0.5) is 5.69 Å². The quantitative estimate of drug-likeness (QED) is 0.658. The number of aryl methyl sites for hydroxylation is 1. The summed E-state index contributed by atoms with van der Waals surface area (Å²) >= 11 is 0. The monoisotopic (exact) mass is 236 g/mol. The Morgan fingerprint density at radius 1 is 1.22 bits per heavy atom.